The van der Waals surface area contributed by atoms with Gasteiger partial charge in [0.15, 0.2) is 0 Å². The van der Waals surface area contributed by atoms with Gasteiger partial charge in [-0.05, 0) is 43.5 Å². The number of ether oxygens (including phenoxy) is 2. The molecule has 2 N–H and O–H groups in total. The third-order valence-corrected chi connectivity index (χ3v) is 8.51. The van der Waals surface area contributed by atoms with Crippen LogP contribution in [0.1, 0.15) is 29.6 Å². The smallest absolute Gasteiger partial charge is 0.335 e. The molecular formula is C27H32N4O6Si. The zero-order chi connectivity index (χ0) is 27.0. The molecule has 38 heavy (non-hydrogen) atoms. The van der Waals surface area contributed by atoms with Crippen LogP contribution in [0.15, 0.2) is 39.9 Å². The summed E-state index contributed by atoms with van der Waals surface area (Å²) in [5.41, 5.74) is 1.28. The first kappa shape index (κ1) is 25.9. The quantitative estimate of drug-likeness (QED) is 0.278. The van der Waals surface area contributed by atoms with E-state index in [9.17, 15) is 19.5 Å². The third-order valence-electron chi connectivity index (χ3n) is 6.81. The summed E-state index contributed by atoms with van der Waals surface area (Å²) in [6, 6.07) is 9.03. The Morgan fingerprint density at radius 3 is 2.74 bits per heavy atom. The molecule has 0 saturated heterocycles. The summed E-state index contributed by atoms with van der Waals surface area (Å²) >= 11 is 0. The van der Waals surface area contributed by atoms with Crippen molar-refractivity contribution in [1.29, 1.82) is 0 Å². The van der Waals surface area contributed by atoms with Gasteiger partial charge in [0.05, 0.1) is 28.6 Å². The Morgan fingerprint density at radius 2 is 1.97 bits per heavy atom. The molecule has 0 amide bonds. The van der Waals surface area contributed by atoms with Crippen molar-refractivity contribution in [2.45, 2.75) is 58.2 Å². The number of rotatable bonds is 6. The molecule has 0 unspecified atom stereocenters. The van der Waals surface area contributed by atoms with Crippen LogP contribution in [0.3, 0.4) is 0 Å². The predicted molar refractivity (Wildman–Crippen MR) is 148 cm³/mol. The normalized spacial score (nSPS) is 14.2. The molecule has 2 aromatic heterocycles. The number of H-pyrrole nitrogens is 1. The van der Waals surface area contributed by atoms with Gasteiger partial charge in [0.25, 0.3) is 11.1 Å². The van der Waals surface area contributed by atoms with Crippen molar-refractivity contribution in [3.05, 3.63) is 56.6 Å². The number of hydrogen-bond donors (Lipinski definition) is 2. The van der Waals surface area contributed by atoms with E-state index in [2.05, 4.69) is 24.7 Å². The minimum atomic E-state index is -1.36. The lowest BCUT2D eigenvalue weighted by Crippen LogP contribution is -2.27. The van der Waals surface area contributed by atoms with E-state index in [4.69, 9.17) is 14.5 Å². The van der Waals surface area contributed by atoms with Crippen molar-refractivity contribution in [2.75, 3.05) is 13.2 Å². The van der Waals surface area contributed by atoms with Crippen LogP contribution in [0.4, 0.5) is 0 Å². The van der Waals surface area contributed by atoms with E-state index in [1.165, 1.54) is 16.7 Å². The van der Waals surface area contributed by atoms with Crippen LogP contribution in [0.5, 0.6) is 5.75 Å². The Bertz CT molecular complexity index is 1650. The van der Waals surface area contributed by atoms with E-state index in [1.807, 2.05) is 0 Å². The van der Waals surface area contributed by atoms with E-state index in [0.29, 0.717) is 59.4 Å². The number of aromatic nitrogens is 4. The SMILES string of the molecule is C[Si](C)(C)CCOCn1c(=O)c2nc3c(cc(C(=O)O)cc31)OCCCCCn1[nH]c3c-2cccc3c1=O. The Labute approximate surface area is 219 Å². The number of aromatic carboxylic acids is 1. The van der Waals surface area contributed by atoms with Gasteiger partial charge >= 0.3 is 5.97 Å². The summed E-state index contributed by atoms with van der Waals surface area (Å²) in [5.74, 6) is -0.829. The fraction of sp³-hybridized carbons (Fsp3) is 0.407. The van der Waals surface area contributed by atoms with Crippen LogP contribution in [-0.2, 0) is 18.0 Å². The predicted octanol–water partition coefficient (Wildman–Crippen LogP) is 4.28. The lowest BCUT2D eigenvalue weighted by atomic mass is 10.1. The molecule has 0 spiro atoms. The zero-order valence-electron chi connectivity index (χ0n) is 21.9. The van der Waals surface area contributed by atoms with Gasteiger partial charge < -0.3 is 14.6 Å². The molecule has 4 aromatic rings. The average Bonchev–Trinajstić information content (AvgIpc) is 3.19. The van der Waals surface area contributed by atoms with Gasteiger partial charge in [0.1, 0.15) is 23.7 Å². The van der Waals surface area contributed by atoms with Gasteiger partial charge in [-0.2, -0.15) is 0 Å². The lowest BCUT2D eigenvalue weighted by Gasteiger charge is -2.18. The maximum Gasteiger partial charge on any atom is 0.335 e. The van der Waals surface area contributed by atoms with E-state index in [-0.39, 0.29) is 23.5 Å². The van der Waals surface area contributed by atoms with Crippen molar-refractivity contribution in [3.8, 4) is 17.0 Å². The molecule has 0 radical (unpaired) electrons. The summed E-state index contributed by atoms with van der Waals surface area (Å²) in [7, 11) is -1.36. The molecule has 3 heterocycles. The van der Waals surface area contributed by atoms with Crippen molar-refractivity contribution in [1.82, 2.24) is 19.3 Å². The number of nitrogens with zero attached hydrogens (tertiary/aromatic N) is 3. The second-order valence-electron chi connectivity index (χ2n) is 10.9. The van der Waals surface area contributed by atoms with Gasteiger partial charge in [-0.3, -0.25) is 23.9 Å². The fourth-order valence-corrected chi connectivity index (χ4v) is 5.40. The highest BCUT2D eigenvalue weighted by atomic mass is 28.3. The number of carboxylic acids is 1. The lowest BCUT2D eigenvalue weighted by molar-refractivity contribution is 0.0696. The molecule has 200 valence electrons. The van der Waals surface area contributed by atoms with Gasteiger partial charge in [-0.15, -0.1) is 0 Å². The highest BCUT2D eigenvalue weighted by Gasteiger charge is 2.22. The molecule has 0 atom stereocenters. The van der Waals surface area contributed by atoms with Crippen molar-refractivity contribution >= 4 is 36.0 Å². The second-order valence-corrected chi connectivity index (χ2v) is 16.5. The number of carbonyl (C=O) groups is 1. The number of aryl methyl sites for hydroxylation is 1. The third kappa shape index (κ3) is 5.03. The number of fused-ring (bicyclic) bond motifs is 3. The summed E-state index contributed by atoms with van der Waals surface area (Å²) < 4.78 is 15.0. The maximum atomic E-state index is 13.9. The minimum absolute atomic E-state index is 0.00178. The molecule has 4 bridgehead atoms. The largest absolute Gasteiger partial charge is 0.491 e. The van der Waals surface area contributed by atoms with Gasteiger partial charge in [-0.1, -0.05) is 31.8 Å². The molecule has 5 rings (SSSR count). The zero-order valence-corrected chi connectivity index (χ0v) is 22.9. The van der Waals surface area contributed by atoms with Gasteiger partial charge in [0.2, 0.25) is 0 Å². The number of carboxylic acid groups (broad SMARTS) is 1. The van der Waals surface area contributed by atoms with E-state index in [0.717, 1.165) is 18.9 Å². The standard InChI is InChI=1S/C27H32N4O6Si/c1-38(2,3)13-12-36-16-30-20-14-17(27(34)35)15-21-24(20)28-23(26(30)33)18-8-7-9-19-22(18)29-31(25(19)32)10-5-4-6-11-37-21/h7-9,14-15,29H,4-6,10-13,16H2,1-3H3,(H,34,35). The topological polar surface area (TPSA) is 128 Å². The molecule has 1 aliphatic heterocycles. The van der Waals surface area contributed by atoms with E-state index < -0.39 is 19.6 Å². The minimum Gasteiger partial charge on any atom is -0.491 e. The molecule has 11 heteroatoms. The number of hydrogen-bond acceptors (Lipinski definition) is 6. The average molecular weight is 537 g/mol. The highest BCUT2D eigenvalue weighted by molar-refractivity contribution is 6.76. The van der Waals surface area contributed by atoms with Crippen molar-refractivity contribution < 1.29 is 19.4 Å². The van der Waals surface area contributed by atoms with Crippen LogP contribution in [0.25, 0.3) is 33.2 Å². The van der Waals surface area contributed by atoms with Crippen LogP contribution in [0, 0.1) is 0 Å². The van der Waals surface area contributed by atoms with Crippen LogP contribution in [-0.4, -0.2) is 51.7 Å². The first-order chi connectivity index (χ1) is 18.1. The Balaban J connectivity index is 1.77. The van der Waals surface area contributed by atoms with Crippen molar-refractivity contribution in [3.63, 3.8) is 0 Å². The first-order valence-corrected chi connectivity index (χ1v) is 16.6. The summed E-state index contributed by atoms with van der Waals surface area (Å²) in [5, 5.41) is 13.4. The fourth-order valence-electron chi connectivity index (χ4n) is 4.65. The van der Waals surface area contributed by atoms with Crippen LogP contribution >= 0.6 is 0 Å². The van der Waals surface area contributed by atoms with E-state index in [1.54, 1.807) is 22.9 Å². The Morgan fingerprint density at radius 1 is 1.16 bits per heavy atom. The number of benzene rings is 2. The Hall–Kier alpha value is -3.70. The van der Waals surface area contributed by atoms with Crippen LogP contribution in [0.2, 0.25) is 25.7 Å². The molecular weight excluding hydrogens is 504 g/mol. The summed E-state index contributed by atoms with van der Waals surface area (Å²) in [4.78, 5) is 43.7. The molecule has 2 aromatic carbocycles. The van der Waals surface area contributed by atoms with E-state index >= 15 is 0 Å². The highest BCUT2D eigenvalue weighted by Crippen LogP contribution is 2.30. The molecule has 10 nitrogen and oxygen atoms in total. The Kier molecular flexibility index (Phi) is 6.97. The summed E-state index contributed by atoms with van der Waals surface area (Å²) in [6.07, 6.45) is 2.30. The second kappa shape index (κ2) is 10.2. The number of nitrogens with one attached hydrogen (secondary N) is 1. The first-order valence-electron chi connectivity index (χ1n) is 12.9. The number of aromatic amines is 1. The summed E-state index contributed by atoms with van der Waals surface area (Å²) in [6.45, 7) is 8.00. The monoisotopic (exact) mass is 536 g/mol. The van der Waals surface area contributed by atoms with Gasteiger partial charge in [0, 0.05) is 26.8 Å². The van der Waals surface area contributed by atoms with Gasteiger partial charge in [-0.25, -0.2) is 9.78 Å². The molecule has 1 aliphatic rings. The maximum absolute atomic E-state index is 13.9. The van der Waals surface area contributed by atoms with Crippen LogP contribution < -0.4 is 15.9 Å². The molecule has 0 saturated carbocycles. The molecule has 0 aliphatic carbocycles. The van der Waals surface area contributed by atoms with Crippen molar-refractivity contribution in [2.24, 2.45) is 0 Å². The number of para-hydroxylation sites is 1. The molecule has 0 fully saturated rings.